The van der Waals surface area contributed by atoms with Gasteiger partial charge in [0.2, 0.25) is 10.0 Å². The molecule has 0 bridgehead atoms. The Bertz CT molecular complexity index is 412. The Hall–Kier alpha value is -0.920. The molecule has 0 radical (unpaired) electrons. The molecule has 98 valence electrons. The Kier molecular flexibility index (Phi) is 5.10. The lowest BCUT2D eigenvalue weighted by Gasteiger charge is -2.23. The molecule has 0 saturated carbocycles. The van der Waals surface area contributed by atoms with Gasteiger partial charge in [-0.3, -0.25) is 5.10 Å². The van der Waals surface area contributed by atoms with Gasteiger partial charge in [0, 0.05) is 18.8 Å². The highest BCUT2D eigenvalue weighted by Crippen LogP contribution is 2.05. The fourth-order valence-electron chi connectivity index (χ4n) is 1.63. The fraction of sp³-hybridized carbons (Fsp3) is 0.700. The minimum Gasteiger partial charge on any atom is -0.302 e. The standard InChI is InChI=1S/C10H20N4O2S/c1-4-14(5-2)8-9(3)13-17(15,16)10-6-11-12-7-10/h6-7,9,13H,4-5,8H2,1-3H3,(H,11,12). The molecule has 7 heteroatoms. The lowest BCUT2D eigenvalue weighted by Crippen LogP contribution is -2.41. The summed E-state index contributed by atoms with van der Waals surface area (Å²) in [7, 11) is -3.45. The van der Waals surface area contributed by atoms with Crippen molar-refractivity contribution in [2.75, 3.05) is 19.6 Å². The van der Waals surface area contributed by atoms with Gasteiger partial charge in [0.1, 0.15) is 4.90 Å². The van der Waals surface area contributed by atoms with E-state index in [0.717, 1.165) is 13.1 Å². The summed E-state index contributed by atoms with van der Waals surface area (Å²) in [6.45, 7) is 8.49. The predicted octanol–water partition coefficient (Wildman–Crippen LogP) is 0.418. The average molecular weight is 260 g/mol. The van der Waals surface area contributed by atoms with Gasteiger partial charge in [0.25, 0.3) is 0 Å². The van der Waals surface area contributed by atoms with Crippen molar-refractivity contribution in [3.8, 4) is 0 Å². The summed E-state index contributed by atoms with van der Waals surface area (Å²) >= 11 is 0. The molecule has 0 spiro atoms. The first kappa shape index (κ1) is 14.1. The Morgan fingerprint density at radius 3 is 2.59 bits per heavy atom. The van der Waals surface area contributed by atoms with Crippen LogP contribution in [-0.4, -0.2) is 49.2 Å². The van der Waals surface area contributed by atoms with E-state index >= 15 is 0 Å². The van der Waals surface area contributed by atoms with Gasteiger partial charge >= 0.3 is 0 Å². The minimum absolute atomic E-state index is 0.130. The number of H-pyrrole nitrogens is 1. The Morgan fingerprint density at radius 1 is 1.47 bits per heavy atom. The quantitative estimate of drug-likeness (QED) is 0.744. The van der Waals surface area contributed by atoms with Crippen LogP contribution in [0, 0.1) is 0 Å². The van der Waals surface area contributed by atoms with Crippen molar-refractivity contribution in [1.29, 1.82) is 0 Å². The second-order valence-corrected chi connectivity index (χ2v) is 5.66. The number of hydrogen-bond acceptors (Lipinski definition) is 4. The Balaban J connectivity index is 2.59. The molecule has 1 heterocycles. The summed E-state index contributed by atoms with van der Waals surface area (Å²) in [6, 6.07) is -0.130. The van der Waals surface area contributed by atoms with E-state index in [4.69, 9.17) is 0 Å². The van der Waals surface area contributed by atoms with Gasteiger partial charge < -0.3 is 4.90 Å². The first-order valence-electron chi connectivity index (χ1n) is 5.73. The van der Waals surface area contributed by atoms with E-state index in [1.807, 2.05) is 6.92 Å². The number of hydrogen-bond donors (Lipinski definition) is 2. The summed E-state index contributed by atoms with van der Waals surface area (Å²) in [5.74, 6) is 0. The van der Waals surface area contributed by atoms with Crippen LogP contribution in [-0.2, 0) is 10.0 Å². The van der Waals surface area contributed by atoms with Crippen LogP contribution >= 0.6 is 0 Å². The summed E-state index contributed by atoms with van der Waals surface area (Å²) in [6.07, 6.45) is 2.67. The van der Waals surface area contributed by atoms with Crippen LogP contribution in [0.5, 0.6) is 0 Å². The molecule has 1 unspecified atom stereocenters. The third kappa shape index (κ3) is 4.10. The smallest absolute Gasteiger partial charge is 0.243 e. The molecule has 17 heavy (non-hydrogen) atoms. The van der Waals surface area contributed by atoms with Gasteiger partial charge in [0.05, 0.1) is 6.20 Å². The predicted molar refractivity (Wildman–Crippen MR) is 66.2 cm³/mol. The van der Waals surface area contributed by atoms with Gasteiger partial charge in [0.15, 0.2) is 0 Å². The van der Waals surface area contributed by atoms with E-state index in [0.29, 0.717) is 6.54 Å². The number of sulfonamides is 1. The summed E-state index contributed by atoms with van der Waals surface area (Å²) in [5, 5.41) is 6.13. The van der Waals surface area contributed by atoms with Crippen molar-refractivity contribution < 1.29 is 8.42 Å². The highest BCUT2D eigenvalue weighted by molar-refractivity contribution is 7.89. The van der Waals surface area contributed by atoms with Crippen LogP contribution in [0.2, 0.25) is 0 Å². The van der Waals surface area contributed by atoms with Crippen LogP contribution in [0.4, 0.5) is 0 Å². The third-order valence-electron chi connectivity index (χ3n) is 2.57. The lowest BCUT2D eigenvalue weighted by molar-refractivity contribution is 0.282. The molecule has 0 fully saturated rings. The maximum Gasteiger partial charge on any atom is 0.243 e. The van der Waals surface area contributed by atoms with E-state index in [1.54, 1.807) is 0 Å². The SMILES string of the molecule is CCN(CC)CC(C)NS(=O)(=O)c1cn[nH]c1. The number of nitrogens with one attached hydrogen (secondary N) is 2. The largest absolute Gasteiger partial charge is 0.302 e. The van der Waals surface area contributed by atoms with Crippen molar-refractivity contribution in [2.45, 2.75) is 31.7 Å². The normalized spacial score (nSPS) is 14.1. The molecule has 0 saturated heterocycles. The average Bonchev–Trinajstić information content (AvgIpc) is 2.79. The van der Waals surface area contributed by atoms with Crippen molar-refractivity contribution >= 4 is 10.0 Å². The molecule has 2 N–H and O–H groups in total. The van der Waals surface area contributed by atoms with Crippen LogP contribution in [0.25, 0.3) is 0 Å². The van der Waals surface area contributed by atoms with E-state index in [-0.39, 0.29) is 10.9 Å². The summed E-state index contributed by atoms with van der Waals surface area (Å²) in [4.78, 5) is 2.34. The third-order valence-corrected chi connectivity index (χ3v) is 4.12. The monoisotopic (exact) mass is 260 g/mol. The molecule has 1 aromatic heterocycles. The van der Waals surface area contributed by atoms with Crippen LogP contribution in [0.3, 0.4) is 0 Å². The molecule has 0 aliphatic carbocycles. The molecule has 1 atom stereocenters. The van der Waals surface area contributed by atoms with E-state index in [2.05, 4.69) is 33.7 Å². The molecule has 6 nitrogen and oxygen atoms in total. The fourth-order valence-corrected chi connectivity index (χ4v) is 2.76. The summed E-state index contributed by atoms with van der Waals surface area (Å²) in [5.41, 5.74) is 0. The number of aromatic nitrogens is 2. The van der Waals surface area contributed by atoms with Gasteiger partial charge in [-0.15, -0.1) is 0 Å². The van der Waals surface area contributed by atoms with Gasteiger partial charge in [-0.05, 0) is 20.0 Å². The minimum atomic E-state index is -3.45. The zero-order chi connectivity index (χ0) is 12.9. The summed E-state index contributed by atoms with van der Waals surface area (Å²) < 4.78 is 26.4. The molecule has 1 aromatic rings. The van der Waals surface area contributed by atoms with Gasteiger partial charge in [-0.2, -0.15) is 5.10 Å². The molecule has 0 aromatic carbocycles. The number of rotatable bonds is 7. The van der Waals surface area contributed by atoms with Crippen molar-refractivity contribution in [1.82, 2.24) is 19.8 Å². The van der Waals surface area contributed by atoms with Crippen LogP contribution < -0.4 is 4.72 Å². The van der Waals surface area contributed by atoms with E-state index < -0.39 is 10.0 Å². The van der Waals surface area contributed by atoms with Gasteiger partial charge in [-0.1, -0.05) is 13.8 Å². The molecule has 0 amide bonds. The Morgan fingerprint density at radius 2 is 2.12 bits per heavy atom. The number of nitrogens with zero attached hydrogens (tertiary/aromatic N) is 2. The van der Waals surface area contributed by atoms with Crippen molar-refractivity contribution in [3.05, 3.63) is 12.4 Å². The van der Waals surface area contributed by atoms with Crippen molar-refractivity contribution in [2.24, 2.45) is 0 Å². The molecular formula is C10H20N4O2S. The molecular weight excluding hydrogens is 240 g/mol. The first-order valence-corrected chi connectivity index (χ1v) is 7.21. The van der Waals surface area contributed by atoms with Gasteiger partial charge in [-0.25, -0.2) is 13.1 Å². The number of likely N-dealkylation sites (N-methyl/N-ethyl adjacent to an activating group) is 1. The second kappa shape index (κ2) is 6.13. The maximum absolute atomic E-state index is 11.9. The zero-order valence-corrected chi connectivity index (χ0v) is 11.3. The lowest BCUT2D eigenvalue weighted by atomic mass is 10.3. The maximum atomic E-state index is 11.9. The molecule has 0 aliphatic rings. The van der Waals surface area contributed by atoms with E-state index in [1.165, 1.54) is 12.4 Å². The number of aromatic amines is 1. The van der Waals surface area contributed by atoms with Crippen LogP contribution in [0.1, 0.15) is 20.8 Å². The second-order valence-electron chi connectivity index (χ2n) is 3.94. The highest BCUT2D eigenvalue weighted by atomic mass is 32.2. The molecule has 0 aliphatic heterocycles. The van der Waals surface area contributed by atoms with E-state index in [9.17, 15) is 8.42 Å². The highest BCUT2D eigenvalue weighted by Gasteiger charge is 2.19. The zero-order valence-electron chi connectivity index (χ0n) is 10.5. The molecule has 1 rings (SSSR count). The van der Waals surface area contributed by atoms with Crippen molar-refractivity contribution in [3.63, 3.8) is 0 Å². The first-order chi connectivity index (χ1) is 7.99. The van der Waals surface area contributed by atoms with Crippen LogP contribution in [0.15, 0.2) is 17.3 Å². The Labute approximate surface area is 102 Å². The topological polar surface area (TPSA) is 78.1 Å².